The van der Waals surface area contributed by atoms with Gasteiger partial charge in [-0.05, 0) is 37.1 Å². The largest absolute Gasteiger partial charge is 0.354 e. The standard InChI is InChI=1S/C16H19BrN4O/c1-3-4-7-18-16-19-9-12(10-20-16)15(22)21-14-6-5-13(17)8-11(14)2/h5-6,8-10H,3-4,7H2,1-2H3,(H,21,22)(H,18,19,20). The van der Waals surface area contributed by atoms with Gasteiger partial charge < -0.3 is 10.6 Å². The first kappa shape index (κ1) is 16.4. The van der Waals surface area contributed by atoms with Crippen LogP contribution >= 0.6 is 15.9 Å². The molecular weight excluding hydrogens is 344 g/mol. The number of unbranched alkanes of at least 4 members (excludes halogenated alkanes) is 1. The summed E-state index contributed by atoms with van der Waals surface area (Å²) in [6, 6.07) is 5.70. The monoisotopic (exact) mass is 362 g/mol. The summed E-state index contributed by atoms with van der Waals surface area (Å²) in [4.78, 5) is 20.5. The minimum atomic E-state index is -0.217. The van der Waals surface area contributed by atoms with E-state index in [1.165, 1.54) is 12.4 Å². The van der Waals surface area contributed by atoms with E-state index in [1.807, 2.05) is 25.1 Å². The van der Waals surface area contributed by atoms with Gasteiger partial charge in [0.05, 0.1) is 5.56 Å². The van der Waals surface area contributed by atoms with Crippen LogP contribution in [0.15, 0.2) is 35.1 Å². The van der Waals surface area contributed by atoms with Crippen LogP contribution < -0.4 is 10.6 Å². The molecule has 1 aromatic carbocycles. The van der Waals surface area contributed by atoms with Crippen molar-refractivity contribution in [1.29, 1.82) is 0 Å². The van der Waals surface area contributed by atoms with E-state index in [1.54, 1.807) is 0 Å². The molecule has 0 spiro atoms. The normalized spacial score (nSPS) is 10.3. The summed E-state index contributed by atoms with van der Waals surface area (Å²) >= 11 is 3.40. The third kappa shape index (κ3) is 4.53. The quantitative estimate of drug-likeness (QED) is 0.761. The number of aromatic nitrogens is 2. The van der Waals surface area contributed by atoms with Gasteiger partial charge in [0.1, 0.15) is 0 Å². The summed E-state index contributed by atoms with van der Waals surface area (Å²) in [5.41, 5.74) is 2.20. The van der Waals surface area contributed by atoms with Crippen LogP contribution in [-0.4, -0.2) is 22.4 Å². The molecule has 0 aliphatic rings. The maximum Gasteiger partial charge on any atom is 0.258 e. The summed E-state index contributed by atoms with van der Waals surface area (Å²) in [6.07, 6.45) is 5.24. The molecule has 0 aliphatic heterocycles. The van der Waals surface area contributed by atoms with Crippen LogP contribution in [0.5, 0.6) is 0 Å². The van der Waals surface area contributed by atoms with Crippen molar-refractivity contribution in [3.63, 3.8) is 0 Å². The molecule has 2 N–H and O–H groups in total. The van der Waals surface area contributed by atoms with Crippen molar-refractivity contribution in [3.8, 4) is 0 Å². The van der Waals surface area contributed by atoms with Crippen molar-refractivity contribution in [1.82, 2.24) is 9.97 Å². The molecule has 5 nitrogen and oxygen atoms in total. The number of hydrogen-bond donors (Lipinski definition) is 2. The van der Waals surface area contributed by atoms with Gasteiger partial charge in [-0.25, -0.2) is 9.97 Å². The molecule has 0 aliphatic carbocycles. The lowest BCUT2D eigenvalue weighted by Crippen LogP contribution is -2.14. The lowest BCUT2D eigenvalue weighted by Gasteiger charge is -2.09. The Morgan fingerprint density at radius 3 is 2.64 bits per heavy atom. The Hall–Kier alpha value is -1.95. The van der Waals surface area contributed by atoms with Gasteiger partial charge in [-0.3, -0.25) is 4.79 Å². The minimum Gasteiger partial charge on any atom is -0.354 e. The zero-order valence-corrected chi connectivity index (χ0v) is 14.3. The molecule has 0 fully saturated rings. The van der Waals surface area contributed by atoms with Crippen LogP contribution in [0.3, 0.4) is 0 Å². The number of carbonyl (C=O) groups excluding carboxylic acids is 1. The second-order valence-corrected chi connectivity index (χ2v) is 5.90. The van der Waals surface area contributed by atoms with E-state index in [4.69, 9.17) is 0 Å². The number of nitrogens with one attached hydrogen (secondary N) is 2. The maximum atomic E-state index is 12.2. The molecule has 0 saturated heterocycles. The number of benzene rings is 1. The Bertz CT molecular complexity index is 643. The molecule has 0 radical (unpaired) electrons. The number of halogens is 1. The molecule has 1 heterocycles. The highest BCUT2D eigenvalue weighted by atomic mass is 79.9. The average Bonchev–Trinajstić information content (AvgIpc) is 2.51. The first-order chi connectivity index (χ1) is 10.6. The van der Waals surface area contributed by atoms with Gasteiger partial charge in [-0.1, -0.05) is 29.3 Å². The molecule has 1 aromatic heterocycles. The lowest BCUT2D eigenvalue weighted by molar-refractivity contribution is 0.102. The van der Waals surface area contributed by atoms with E-state index in [9.17, 15) is 4.79 Å². The number of hydrogen-bond acceptors (Lipinski definition) is 4. The third-order valence-corrected chi connectivity index (χ3v) is 3.66. The predicted octanol–water partition coefficient (Wildman–Crippen LogP) is 4.01. The average molecular weight is 363 g/mol. The highest BCUT2D eigenvalue weighted by Gasteiger charge is 2.09. The molecule has 22 heavy (non-hydrogen) atoms. The number of amides is 1. The van der Waals surface area contributed by atoms with Crippen LogP contribution in [0.25, 0.3) is 0 Å². The second-order valence-electron chi connectivity index (χ2n) is 4.99. The molecule has 1 amide bonds. The van der Waals surface area contributed by atoms with E-state index < -0.39 is 0 Å². The number of anilines is 2. The van der Waals surface area contributed by atoms with Crippen molar-refractivity contribution in [2.75, 3.05) is 17.2 Å². The fraction of sp³-hybridized carbons (Fsp3) is 0.312. The number of nitrogens with zero attached hydrogens (tertiary/aromatic N) is 2. The van der Waals surface area contributed by atoms with E-state index >= 15 is 0 Å². The van der Waals surface area contributed by atoms with Gasteiger partial charge in [0.25, 0.3) is 5.91 Å². The molecule has 6 heteroatoms. The SMILES string of the molecule is CCCCNc1ncc(C(=O)Nc2ccc(Br)cc2C)cn1. The van der Waals surface area contributed by atoms with Crippen molar-refractivity contribution in [2.45, 2.75) is 26.7 Å². The summed E-state index contributed by atoms with van der Waals surface area (Å²) in [5, 5.41) is 5.98. The Kier molecular flexibility index (Phi) is 5.89. The first-order valence-electron chi connectivity index (χ1n) is 7.23. The Balaban J connectivity index is 2.00. The fourth-order valence-corrected chi connectivity index (χ4v) is 2.35. The lowest BCUT2D eigenvalue weighted by atomic mass is 10.2. The fourth-order valence-electron chi connectivity index (χ4n) is 1.88. The molecule has 0 atom stereocenters. The van der Waals surface area contributed by atoms with Gasteiger partial charge in [0, 0.05) is 29.1 Å². The smallest absolute Gasteiger partial charge is 0.258 e. The van der Waals surface area contributed by atoms with Gasteiger partial charge in [0.15, 0.2) is 0 Å². The van der Waals surface area contributed by atoms with Gasteiger partial charge >= 0.3 is 0 Å². The molecule has 0 saturated carbocycles. The maximum absolute atomic E-state index is 12.2. The van der Waals surface area contributed by atoms with Crippen LogP contribution in [0.4, 0.5) is 11.6 Å². The Morgan fingerprint density at radius 1 is 1.27 bits per heavy atom. The topological polar surface area (TPSA) is 66.9 Å². The van der Waals surface area contributed by atoms with Crippen molar-refractivity contribution < 1.29 is 4.79 Å². The molecule has 2 aromatic rings. The predicted molar refractivity (Wildman–Crippen MR) is 92.3 cm³/mol. The van der Waals surface area contributed by atoms with E-state index in [-0.39, 0.29) is 5.91 Å². The molecule has 2 rings (SSSR count). The van der Waals surface area contributed by atoms with Crippen LogP contribution in [0.1, 0.15) is 35.7 Å². The zero-order valence-electron chi connectivity index (χ0n) is 12.7. The molecule has 0 unspecified atom stereocenters. The van der Waals surface area contributed by atoms with Crippen LogP contribution in [0, 0.1) is 6.92 Å². The van der Waals surface area contributed by atoms with Crippen molar-refractivity contribution in [2.24, 2.45) is 0 Å². The summed E-state index contributed by atoms with van der Waals surface area (Å²) in [6.45, 7) is 4.90. The first-order valence-corrected chi connectivity index (χ1v) is 8.03. The van der Waals surface area contributed by atoms with Crippen molar-refractivity contribution >= 4 is 33.5 Å². The number of aryl methyl sites for hydroxylation is 1. The van der Waals surface area contributed by atoms with Crippen molar-refractivity contribution in [3.05, 3.63) is 46.2 Å². The third-order valence-electron chi connectivity index (χ3n) is 3.16. The Labute approximate surface area is 138 Å². The number of carbonyl (C=O) groups is 1. The van der Waals surface area contributed by atoms with E-state index in [0.717, 1.165) is 35.1 Å². The van der Waals surface area contributed by atoms with Crippen LogP contribution in [-0.2, 0) is 0 Å². The minimum absolute atomic E-state index is 0.217. The molecular formula is C16H19BrN4O. The van der Waals surface area contributed by atoms with Gasteiger partial charge in [0.2, 0.25) is 5.95 Å². The highest BCUT2D eigenvalue weighted by Crippen LogP contribution is 2.20. The zero-order chi connectivity index (χ0) is 15.9. The van der Waals surface area contributed by atoms with E-state index in [2.05, 4.69) is 43.5 Å². The summed E-state index contributed by atoms with van der Waals surface area (Å²) in [7, 11) is 0. The second kappa shape index (κ2) is 7.89. The Morgan fingerprint density at radius 2 is 2.00 bits per heavy atom. The summed E-state index contributed by atoms with van der Waals surface area (Å²) in [5.74, 6) is 0.329. The molecule has 0 bridgehead atoms. The van der Waals surface area contributed by atoms with Gasteiger partial charge in [-0.15, -0.1) is 0 Å². The van der Waals surface area contributed by atoms with E-state index in [0.29, 0.717) is 11.5 Å². The molecule has 116 valence electrons. The highest BCUT2D eigenvalue weighted by molar-refractivity contribution is 9.10. The summed E-state index contributed by atoms with van der Waals surface area (Å²) < 4.78 is 0.980. The van der Waals surface area contributed by atoms with Crippen LogP contribution in [0.2, 0.25) is 0 Å². The van der Waals surface area contributed by atoms with Gasteiger partial charge in [-0.2, -0.15) is 0 Å². The number of rotatable bonds is 6.